The highest BCUT2D eigenvalue weighted by atomic mass is 16.5. The smallest absolute Gasteiger partial charge is 0.339 e. The van der Waals surface area contributed by atoms with Gasteiger partial charge < -0.3 is 14.6 Å². The van der Waals surface area contributed by atoms with Gasteiger partial charge in [-0.15, -0.1) is 0 Å². The van der Waals surface area contributed by atoms with Gasteiger partial charge in [0.05, 0.1) is 13.2 Å². The van der Waals surface area contributed by atoms with Crippen LogP contribution in [0.5, 0.6) is 11.5 Å². The van der Waals surface area contributed by atoms with Crippen molar-refractivity contribution in [1.29, 1.82) is 0 Å². The Balaban J connectivity index is 1.78. The molecule has 0 spiro atoms. The number of hydrogen-bond acceptors (Lipinski definition) is 3. The fraction of sp³-hybridized carbons (Fsp3) is 0.316. The Hall–Kier alpha value is -2.49. The summed E-state index contributed by atoms with van der Waals surface area (Å²) >= 11 is 0. The predicted molar refractivity (Wildman–Crippen MR) is 89.5 cm³/mol. The number of carboxylic acid groups (broad SMARTS) is 1. The van der Waals surface area contributed by atoms with Gasteiger partial charge in [0.2, 0.25) is 0 Å². The molecule has 0 aromatic heterocycles. The molecule has 0 unspecified atom stereocenters. The molecule has 4 heteroatoms. The molecule has 0 saturated carbocycles. The van der Waals surface area contributed by atoms with Crippen LogP contribution in [0.15, 0.2) is 48.5 Å². The highest BCUT2D eigenvalue weighted by molar-refractivity contribution is 5.90. The third-order valence-electron chi connectivity index (χ3n) is 3.46. The van der Waals surface area contributed by atoms with Gasteiger partial charge >= 0.3 is 5.97 Å². The van der Waals surface area contributed by atoms with E-state index in [1.807, 2.05) is 18.2 Å². The molecule has 4 nitrogen and oxygen atoms in total. The van der Waals surface area contributed by atoms with Crippen molar-refractivity contribution in [3.63, 3.8) is 0 Å². The Labute approximate surface area is 136 Å². The summed E-state index contributed by atoms with van der Waals surface area (Å²) in [6.07, 6.45) is 0.680. The average molecular weight is 314 g/mol. The topological polar surface area (TPSA) is 55.8 Å². The van der Waals surface area contributed by atoms with Gasteiger partial charge in [-0.3, -0.25) is 0 Å². The van der Waals surface area contributed by atoms with E-state index in [0.29, 0.717) is 31.3 Å². The van der Waals surface area contributed by atoms with Gasteiger partial charge in [0.15, 0.2) is 0 Å². The molecule has 0 heterocycles. The van der Waals surface area contributed by atoms with Crippen molar-refractivity contribution in [2.45, 2.75) is 26.2 Å². The fourth-order valence-corrected chi connectivity index (χ4v) is 2.16. The number of rotatable bonds is 8. The minimum absolute atomic E-state index is 0.179. The van der Waals surface area contributed by atoms with Crippen LogP contribution in [0, 0.1) is 0 Å². The fourth-order valence-electron chi connectivity index (χ4n) is 2.16. The first-order valence-corrected chi connectivity index (χ1v) is 7.76. The molecular formula is C19H22O4. The predicted octanol–water partition coefficient (Wildman–Crippen LogP) is 4.36. The van der Waals surface area contributed by atoms with E-state index in [2.05, 4.69) is 19.9 Å². The highest BCUT2D eigenvalue weighted by Gasteiger charge is 2.09. The molecule has 0 amide bonds. The minimum atomic E-state index is -0.984. The number of carbonyl (C=O) groups is 1. The third kappa shape index (κ3) is 5.02. The number of aromatic carboxylic acids is 1. The Morgan fingerprint density at radius 3 is 2.52 bits per heavy atom. The van der Waals surface area contributed by atoms with Crippen LogP contribution in [0.4, 0.5) is 0 Å². The van der Waals surface area contributed by atoms with E-state index in [0.717, 1.165) is 5.75 Å². The normalized spacial score (nSPS) is 10.6. The number of hydrogen-bond donors (Lipinski definition) is 1. The first kappa shape index (κ1) is 16.9. The van der Waals surface area contributed by atoms with Crippen LogP contribution >= 0.6 is 0 Å². The van der Waals surface area contributed by atoms with Crippen molar-refractivity contribution < 1.29 is 19.4 Å². The summed E-state index contributed by atoms with van der Waals surface area (Å²) in [4.78, 5) is 11.1. The Bertz CT molecular complexity index is 649. The molecule has 2 rings (SSSR count). The van der Waals surface area contributed by atoms with Crippen LogP contribution < -0.4 is 9.47 Å². The first-order chi connectivity index (χ1) is 11.1. The number of para-hydroxylation sites is 1. The standard InChI is InChI=1S/C19H22O4/c1-14(2)15-7-5-8-16(13-15)22-11-6-12-23-18-10-4-3-9-17(18)19(20)21/h3-5,7-10,13-14H,6,11-12H2,1-2H3,(H,20,21). The van der Waals surface area contributed by atoms with Gasteiger partial charge in [0.1, 0.15) is 17.1 Å². The van der Waals surface area contributed by atoms with Gasteiger partial charge in [0.25, 0.3) is 0 Å². The second-order valence-corrected chi connectivity index (χ2v) is 5.58. The number of carboxylic acids is 1. The second-order valence-electron chi connectivity index (χ2n) is 5.58. The molecule has 0 aliphatic carbocycles. The van der Waals surface area contributed by atoms with Gasteiger partial charge in [-0.2, -0.15) is 0 Å². The third-order valence-corrected chi connectivity index (χ3v) is 3.46. The monoisotopic (exact) mass is 314 g/mol. The molecule has 122 valence electrons. The molecule has 23 heavy (non-hydrogen) atoms. The Morgan fingerprint density at radius 1 is 1.04 bits per heavy atom. The van der Waals surface area contributed by atoms with Crippen LogP contribution in [-0.4, -0.2) is 24.3 Å². The van der Waals surface area contributed by atoms with Gasteiger partial charge in [0, 0.05) is 6.42 Å². The molecule has 0 radical (unpaired) electrons. The van der Waals surface area contributed by atoms with Crippen LogP contribution in [0.1, 0.15) is 42.1 Å². The molecule has 0 atom stereocenters. The lowest BCUT2D eigenvalue weighted by atomic mass is 10.0. The lowest BCUT2D eigenvalue weighted by molar-refractivity contribution is 0.0692. The molecule has 0 aliphatic heterocycles. The summed E-state index contributed by atoms with van der Waals surface area (Å²) < 4.78 is 11.3. The van der Waals surface area contributed by atoms with Crippen molar-refractivity contribution in [2.75, 3.05) is 13.2 Å². The van der Waals surface area contributed by atoms with Crippen LogP contribution in [0.25, 0.3) is 0 Å². The average Bonchev–Trinajstić information content (AvgIpc) is 2.55. The lowest BCUT2D eigenvalue weighted by Crippen LogP contribution is -2.08. The lowest BCUT2D eigenvalue weighted by Gasteiger charge is -2.11. The zero-order valence-electron chi connectivity index (χ0n) is 13.5. The summed E-state index contributed by atoms with van der Waals surface area (Å²) in [6, 6.07) is 14.7. The van der Waals surface area contributed by atoms with Crippen LogP contribution in [-0.2, 0) is 0 Å². The molecule has 0 saturated heterocycles. The molecule has 0 fully saturated rings. The summed E-state index contributed by atoms with van der Waals surface area (Å²) in [7, 11) is 0. The Kier molecular flexibility index (Phi) is 6.03. The minimum Gasteiger partial charge on any atom is -0.493 e. The molecule has 1 N–H and O–H groups in total. The van der Waals surface area contributed by atoms with Crippen molar-refractivity contribution in [2.24, 2.45) is 0 Å². The van der Waals surface area contributed by atoms with Crippen LogP contribution in [0.2, 0.25) is 0 Å². The summed E-state index contributed by atoms with van der Waals surface area (Å²) in [5, 5.41) is 9.08. The van der Waals surface area contributed by atoms with Gasteiger partial charge in [-0.25, -0.2) is 4.79 Å². The van der Waals surface area contributed by atoms with Crippen molar-refractivity contribution >= 4 is 5.97 Å². The van der Waals surface area contributed by atoms with Gasteiger partial charge in [-0.1, -0.05) is 38.1 Å². The molecule has 2 aromatic rings. The van der Waals surface area contributed by atoms with Crippen LogP contribution in [0.3, 0.4) is 0 Å². The second kappa shape index (κ2) is 8.22. The van der Waals surface area contributed by atoms with E-state index in [1.54, 1.807) is 18.2 Å². The van der Waals surface area contributed by atoms with Gasteiger partial charge in [-0.05, 0) is 35.7 Å². The molecule has 0 bridgehead atoms. The van der Waals surface area contributed by atoms with Crippen molar-refractivity contribution in [1.82, 2.24) is 0 Å². The maximum Gasteiger partial charge on any atom is 0.339 e. The van der Waals surface area contributed by atoms with Crippen molar-refractivity contribution in [3.05, 3.63) is 59.7 Å². The van der Waals surface area contributed by atoms with E-state index in [1.165, 1.54) is 11.6 Å². The number of ether oxygens (including phenoxy) is 2. The van der Waals surface area contributed by atoms with E-state index < -0.39 is 5.97 Å². The van der Waals surface area contributed by atoms with E-state index in [4.69, 9.17) is 14.6 Å². The van der Waals surface area contributed by atoms with E-state index >= 15 is 0 Å². The summed E-state index contributed by atoms with van der Waals surface area (Å²) in [6.45, 7) is 5.23. The SMILES string of the molecule is CC(C)c1cccc(OCCCOc2ccccc2C(=O)O)c1. The largest absolute Gasteiger partial charge is 0.493 e. The molecular weight excluding hydrogens is 292 g/mol. The molecule has 0 aliphatic rings. The highest BCUT2D eigenvalue weighted by Crippen LogP contribution is 2.20. The quantitative estimate of drug-likeness (QED) is 0.736. The first-order valence-electron chi connectivity index (χ1n) is 7.76. The zero-order valence-corrected chi connectivity index (χ0v) is 13.5. The number of benzene rings is 2. The maximum absolute atomic E-state index is 11.1. The maximum atomic E-state index is 11.1. The van der Waals surface area contributed by atoms with E-state index in [-0.39, 0.29) is 5.56 Å². The summed E-state index contributed by atoms with van der Waals surface area (Å²) in [5.74, 6) is 0.723. The van der Waals surface area contributed by atoms with E-state index in [9.17, 15) is 4.79 Å². The zero-order chi connectivity index (χ0) is 16.7. The summed E-state index contributed by atoms with van der Waals surface area (Å²) in [5.41, 5.74) is 1.42. The van der Waals surface area contributed by atoms with Crippen molar-refractivity contribution in [3.8, 4) is 11.5 Å². The Morgan fingerprint density at radius 2 is 1.78 bits per heavy atom. The molecule has 2 aromatic carbocycles.